The van der Waals surface area contributed by atoms with Gasteiger partial charge in [0.05, 0.1) is 12.7 Å². The lowest BCUT2D eigenvalue weighted by atomic mass is 9.95. The third-order valence-corrected chi connectivity index (χ3v) is 5.65. The number of rotatable bonds is 4. The van der Waals surface area contributed by atoms with E-state index in [2.05, 4.69) is 0 Å². The molecule has 0 aliphatic carbocycles. The van der Waals surface area contributed by atoms with Gasteiger partial charge >= 0.3 is 0 Å². The van der Waals surface area contributed by atoms with Gasteiger partial charge in [0.2, 0.25) is 0 Å². The summed E-state index contributed by atoms with van der Waals surface area (Å²) in [7, 11) is 1.52. The summed E-state index contributed by atoms with van der Waals surface area (Å²) in [5.74, 6) is -3.33. The number of carbonyl (C=O) groups is 2. The van der Waals surface area contributed by atoms with E-state index < -0.39 is 35.1 Å². The first-order chi connectivity index (χ1) is 15.6. The first-order valence-electron chi connectivity index (χ1n) is 10.1. The number of furan rings is 1. The standard InChI is InChI=1S/C25H21F2NO5/c1-12-10-20(32-4)13(2)9-16(12)23(29)21-22(19-8-5-14(3)33-19)28(25(31)24(21)30)15-6-7-17(26)18(27)11-15/h5-11,22,29H,1-4H3/b23-21+. The second-order valence-corrected chi connectivity index (χ2v) is 7.85. The molecule has 1 saturated heterocycles. The topological polar surface area (TPSA) is 80.0 Å². The lowest BCUT2D eigenvalue weighted by Crippen LogP contribution is -2.29. The van der Waals surface area contributed by atoms with E-state index >= 15 is 0 Å². The number of hydrogen-bond acceptors (Lipinski definition) is 5. The maximum absolute atomic E-state index is 14.0. The Labute approximate surface area is 188 Å². The molecule has 170 valence electrons. The van der Waals surface area contributed by atoms with Crippen LogP contribution in [0.25, 0.3) is 5.76 Å². The number of ether oxygens (including phenoxy) is 1. The monoisotopic (exact) mass is 453 g/mol. The van der Waals surface area contributed by atoms with Crippen LogP contribution in [0.4, 0.5) is 14.5 Å². The van der Waals surface area contributed by atoms with Crippen molar-refractivity contribution in [2.24, 2.45) is 0 Å². The molecule has 0 spiro atoms. The summed E-state index contributed by atoms with van der Waals surface area (Å²) >= 11 is 0. The molecule has 4 rings (SSSR count). The van der Waals surface area contributed by atoms with Gasteiger partial charge in [-0.25, -0.2) is 8.78 Å². The molecule has 1 aliphatic rings. The maximum Gasteiger partial charge on any atom is 0.300 e. The number of halogens is 2. The van der Waals surface area contributed by atoms with Crippen LogP contribution in [-0.2, 0) is 9.59 Å². The van der Waals surface area contributed by atoms with Crippen LogP contribution in [0.2, 0.25) is 0 Å². The summed E-state index contributed by atoms with van der Waals surface area (Å²) in [6.45, 7) is 5.20. The van der Waals surface area contributed by atoms with Crippen LogP contribution in [0, 0.1) is 32.4 Å². The van der Waals surface area contributed by atoms with Crippen LogP contribution >= 0.6 is 0 Å². The number of aliphatic hydroxyl groups is 1. The predicted octanol–water partition coefficient (Wildman–Crippen LogP) is 5.12. The average molecular weight is 453 g/mol. The van der Waals surface area contributed by atoms with E-state index in [1.165, 1.54) is 13.2 Å². The number of carbonyl (C=O) groups excluding carboxylic acids is 2. The van der Waals surface area contributed by atoms with E-state index in [9.17, 15) is 23.5 Å². The Morgan fingerprint density at radius 1 is 1.00 bits per heavy atom. The molecule has 0 bridgehead atoms. The SMILES string of the molecule is COc1cc(C)c(/C(O)=C2\C(=O)C(=O)N(c3ccc(F)c(F)c3)C2c2ccc(C)o2)cc1C. The van der Waals surface area contributed by atoms with Gasteiger partial charge in [-0.05, 0) is 68.3 Å². The molecule has 2 aromatic carbocycles. The van der Waals surface area contributed by atoms with Crippen LogP contribution in [0.5, 0.6) is 5.75 Å². The van der Waals surface area contributed by atoms with Crippen molar-refractivity contribution in [2.45, 2.75) is 26.8 Å². The molecule has 2 heterocycles. The zero-order chi connectivity index (χ0) is 24.0. The predicted molar refractivity (Wildman–Crippen MR) is 117 cm³/mol. The van der Waals surface area contributed by atoms with E-state index in [0.717, 1.165) is 17.0 Å². The minimum Gasteiger partial charge on any atom is -0.507 e. The average Bonchev–Trinajstić information content (AvgIpc) is 3.32. The lowest BCUT2D eigenvalue weighted by Gasteiger charge is -2.23. The molecule has 3 aromatic rings. The molecule has 1 N–H and O–H groups in total. The molecular formula is C25H21F2NO5. The van der Waals surface area contributed by atoms with Gasteiger partial charge in [-0.1, -0.05) is 0 Å². The number of aryl methyl sites for hydroxylation is 3. The molecule has 33 heavy (non-hydrogen) atoms. The van der Waals surface area contributed by atoms with Crippen molar-refractivity contribution in [1.29, 1.82) is 0 Å². The third kappa shape index (κ3) is 3.67. The summed E-state index contributed by atoms with van der Waals surface area (Å²) < 4.78 is 38.5. The number of hydrogen-bond donors (Lipinski definition) is 1. The van der Waals surface area contributed by atoms with Crippen LogP contribution in [0.3, 0.4) is 0 Å². The number of benzene rings is 2. The van der Waals surface area contributed by atoms with E-state index in [1.54, 1.807) is 45.0 Å². The second kappa shape index (κ2) is 8.20. The number of methoxy groups -OCH3 is 1. The Bertz CT molecular complexity index is 1320. The van der Waals surface area contributed by atoms with E-state index in [1.807, 2.05) is 0 Å². The number of nitrogens with zero attached hydrogens (tertiary/aromatic N) is 1. The highest BCUT2D eigenvalue weighted by atomic mass is 19.2. The van der Waals surface area contributed by atoms with Crippen molar-refractivity contribution in [2.75, 3.05) is 12.0 Å². The van der Waals surface area contributed by atoms with Crippen LogP contribution in [-0.4, -0.2) is 23.9 Å². The summed E-state index contributed by atoms with van der Waals surface area (Å²) in [4.78, 5) is 27.2. The molecule has 1 unspecified atom stereocenters. The Morgan fingerprint density at radius 2 is 1.73 bits per heavy atom. The Hall–Kier alpha value is -3.94. The number of ketones is 1. The highest BCUT2D eigenvalue weighted by molar-refractivity contribution is 6.51. The third-order valence-electron chi connectivity index (χ3n) is 5.65. The number of anilines is 1. The van der Waals surface area contributed by atoms with Crippen molar-refractivity contribution in [3.05, 3.63) is 87.9 Å². The van der Waals surface area contributed by atoms with Crippen LogP contribution in [0.15, 0.2) is 52.5 Å². The molecule has 1 amide bonds. The fraction of sp³-hybridized carbons (Fsp3) is 0.200. The van der Waals surface area contributed by atoms with Gasteiger partial charge in [-0.3, -0.25) is 14.5 Å². The number of Topliss-reactive ketones (excluding diaryl/α,β-unsaturated/α-hetero) is 1. The minimum absolute atomic E-state index is 0.0447. The summed E-state index contributed by atoms with van der Waals surface area (Å²) in [6, 6.07) is 8.28. The highest BCUT2D eigenvalue weighted by Crippen LogP contribution is 2.43. The number of aliphatic hydroxyl groups excluding tert-OH is 1. The van der Waals surface area contributed by atoms with E-state index in [4.69, 9.17) is 9.15 Å². The van der Waals surface area contributed by atoms with Crippen molar-refractivity contribution in [3.63, 3.8) is 0 Å². The molecule has 0 radical (unpaired) electrons. The highest BCUT2D eigenvalue weighted by Gasteiger charge is 2.48. The molecule has 6 nitrogen and oxygen atoms in total. The van der Waals surface area contributed by atoms with Crippen LogP contribution in [0.1, 0.15) is 34.3 Å². The Kier molecular flexibility index (Phi) is 5.53. The van der Waals surface area contributed by atoms with Crippen molar-refractivity contribution >= 4 is 23.1 Å². The van der Waals surface area contributed by atoms with E-state index in [0.29, 0.717) is 28.2 Å². The van der Waals surface area contributed by atoms with Gasteiger partial charge in [0.1, 0.15) is 29.1 Å². The molecule has 1 fully saturated rings. The molecular weight excluding hydrogens is 432 g/mol. The molecule has 1 atom stereocenters. The van der Waals surface area contributed by atoms with Gasteiger partial charge in [0.25, 0.3) is 11.7 Å². The van der Waals surface area contributed by atoms with Crippen molar-refractivity contribution < 1.29 is 32.6 Å². The fourth-order valence-electron chi connectivity index (χ4n) is 4.01. The quantitative estimate of drug-likeness (QED) is 0.337. The van der Waals surface area contributed by atoms with Gasteiger partial charge < -0.3 is 14.3 Å². The smallest absolute Gasteiger partial charge is 0.300 e. The normalized spacial score (nSPS) is 17.6. The summed E-state index contributed by atoms with van der Waals surface area (Å²) in [6.07, 6.45) is 0. The molecule has 1 aliphatic heterocycles. The van der Waals surface area contributed by atoms with Gasteiger partial charge in [0.15, 0.2) is 11.6 Å². The first kappa shape index (κ1) is 22.3. The molecule has 0 saturated carbocycles. The molecule has 8 heteroatoms. The Morgan fingerprint density at radius 3 is 2.33 bits per heavy atom. The van der Waals surface area contributed by atoms with Gasteiger partial charge in [-0.15, -0.1) is 0 Å². The molecule has 1 aromatic heterocycles. The van der Waals surface area contributed by atoms with Gasteiger partial charge in [0, 0.05) is 17.3 Å². The fourth-order valence-corrected chi connectivity index (χ4v) is 4.01. The largest absolute Gasteiger partial charge is 0.507 e. The van der Waals surface area contributed by atoms with E-state index in [-0.39, 0.29) is 17.0 Å². The van der Waals surface area contributed by atoms with Crippen molar-refractivity contribution in [1.82, 2.24) is 0 Å². The summed E-state index contributed by atoms with van der Waals surface area (Å²) in [5.41, 5.74) is 1.40. The zero-order valence-electron chi connectivity index (χ0n) is 18.4. The minimum atomic E-state index is -1.18. The Balaban J connectivity index is 1.97. The van der Waals surface area contributed by atoms with Gasteiger partial charge in [-0.2, -0.15) is 0 Å². The van der Waals surface area contributed by atoms with Crippen LogP contribution < -0.4 is 9.64 Å². The lowest BCUT2D eigenvalue weighted by molar-refractivity contribution is -0.132. The maximum atomic E-state index is 14.0. The zero-order valence-corrected chi connectivity index (χ0v) is 18.4. The number of amides is 1. The first-order valence-corrected chi connectivity index (χ1v) is 10.1. The second-order valence-electron chi connectivity index (χ2n) is 7.85. The van der Waals surface area contributed by atoms with Crippen molar-refractivity contribution in [3.8, 4) is 5.75 Å². The summed E-state index contributed by atoms with van der Waals surface area (Å²) in [5, 5.41) is 11.2.